The third kappa shape index (κ3) is 2.14. The molecule has 1 atom stereocenters. The molecule has 0 unspecified atom stereocenters. The fourth-order valence-electron chi connectivity index (χ4n) is 2.03. The molecule has 0 saturated carbocycles. The monoisotopic (exact) mass is 248 g/mol. The van der Waals surface area contributed by atoms with Gasteiger partial charge in [-0.2, -0.15) is 13.2 Å². The summed E-state index contributed by atoms with van der Waals surface area (Å²) in [5, 5.41) is 6.84. The number of alkyl halides is 3. The molecule has 17 heavy (non-hydrogen) atoms. The molecule has 0 amide bonds. The highest BCUT2D eigenvalue weighted by Gasteiger charge is 2.39. The van der Waals surface area contributed by atoms with E-state index >= 15 is 0 Å². The number of hydrogen-bond donors (Lipinski definition) is 0. The van der Waals surface area contributed by atoms with E-state index in [4.69, 9.17) is 4.74 Å². The average molecular weight is 248 g/mol. The maximum atomic E-state index is 12.6. The van der Waals surface area contributed by atoms with Crippen LogP contribution in [0.4, 0.5) is 13.2 Å². The SMILES string of the molecule is FC(F)(F)c1nnc2n1CCN(C[C@@H]1CO1)C2. The molecule has 0 radical (unpaired) electrons. The Bertz CT molecular complexity index is 426. The van der Waals surface area contributed by atoms with E-state index in [9.17, 15) is 13.2 Å². The van der Waals surface area contributed by atoms with E-state index in [-0.39, 0.29) is 12.6 Å². The zero-order chi connectivity index (χ0) is 12.0. The summed E-state index contributed by atoms with van der Waals surface area (Å²) in [7, 11) is 0. The molecular formula is C9H11F3N4O. The van der Waals surface area contributed by atoms with E-state index in [1.54, 1.807) is 0 Å². The lowest BCUT2D eigenvalue weighted by Gasteiger charge is -2.27. The summed E-state index contributed by atoms with van der Waals surface area (Å²) in [6.07, 6.45) is -4.18. The molecule has 94 valence electrons. The van der Waals surface area contributed by atoms with Crippen molar-refractivity contribution in [2.45, 2.75) is 25.4 Å². The molecule has 1 fully saturated rings. The minimum atomic E-state index is -4.42. The number of epoxide rings is 1. The predicted octanol–water partition coefficient (Wildman–Crippen LogP) is 0.511. The molecule has 8 heteroatoms. The molecule has 3 rings (SSSR count). The Balaban J connectivity index is 1.77. The predicted molar refractivity (Wildman–Crippen MR) is 50.0 cm³/mol. The van der Waals surface area contributed by atoms with Gasteiger partial charge in [0.15, 0.2) is 0 Å². The second-order valence-electron chi connectivity index (χ2n) is 4.28. The number of halogens is 3. The van der Waals surface area contributed by atoms with Gasteiger partial charge in [0.05, 0.1) is 19.3 Å². The third-order valence-electron chi connectivity index (χ3n) is 2.95. The Morgan fingerprint density at radius 3 is 2.71 bits per heavy atom. The fraction of sp³-hybridized carbons (Fsp3) is 0.778. The van der Waals surface area contributed by atoms with Gasteiger partial charge in [-0.3, -0.25) is 4.90 Å². The standard InChI is InChI=1S/C9H11F3N4O/c10-9(11,12)8-14-13-7-4-15(1-2-16(7)8)3-6-5-17-6/h6H,1-5H2/t6-/m1/s1. The second kappa shape index (κ2) is 3.67. The zero-order valence-electron chi connectivity index (χ0n) is 8.94. The summed E-state index contributed by atoms with van der Waals surface area (Å²) in [6, 6.07) is 0. The third-order valence-corrected chi connectivity index (χ3v) is 2.95. The van der Waals surface area contributed by atoms with E-state index in [2.05, 4.69) is 10.2 Å². The Hall–Kier alpha value is -1.15. The van der Waals surface area contributed by atoms with E-state index in [0.717, 1.165) is 17.7 Å². The van der Waals surface area contributed by atoms with Crippen LogP contribution in [0, 0.1) is 0 Å². The van der Waals surface area contributed by atoms with Crippen molar-refractivity contribution in [2.24, 2.45) is 0 Å². The summed E-state index contributed by atoms with van der Waals surface area (Å²) in [5.74, 6) is -0.515. The highest BCUT2D eigenvalue weighted by molar-refractivity contribution is 5.02. The molecular weight excluding hydrogens is 237 g/mol. The largest absolute Gasteiger partial charge is 0.451 e. The molecule has 0 aromatic carbocycles. The topological polar surface area (TPSA) is 46.5 Å². The molecule has 0 spiro atoms. The molecule has 1 saturated heterocycles. The van der Waals surface area contributed by atoms with Crippen LogP contribution in [0.3, 0.4) is 0 Å². The van der Waals surface area contributed by atoms with E-state index < -0.39 is 12.0 Å². The molecule has 0 N–H and O–H groups in total. The maximum Gasteiger partial charge on any atom is 0.451 e. The summed E-state index contributed by atoms with van der Waals surface area (Å²) in [5.41, 5.74) is 0. The van der Waals surface area contributed by atoms with Crippen LogP contribution in [0.15, 0.2) is 0 Å². The molecule has 1 aromatic rings. The van der Waals surface area contributed by atoms with Gasteiger partial charge in [-0.1, -0.05) is 0 Å². The van der Waals surface area contributed by atoms with Crippen LogP contribution < -0.4 is 0 Å². The van der Waals surface area contributed by atoms with Crippen LogP contribution >= 0.6 is 0 Å². The molecule has 2 aliphatic heterocycles. The molecule has 3 heterocycles. The maximum absolute atomic E-state index is 12.6. The van der Waals surface area contributed by atoms with Gasteiger partial charge in [0.1, 0.15) is 5.82 Å². The first-order valence-corrected chi connectivity index (χ1v) is 5.37. The molecule has 0 bridgehead atoms. The van der Waals surface area contributed by atoms with Crippen molar-refractivity contribution in [1.82, 2.24) is 19.7 Å². The van der Waals surface area contributed by atoms with Gasteiger partial charge in [-0.15, -0.1) is 10.2 Å². The molecule has 1 aromatic heterocycles. The van der Waals surface area contributed by atoms with Gasteiger partial charge in [0.2, 0.25) is 5.82 Å². The highest BCUT2D eigenvalue weighted by Crippen LogP contribution is 2.29. The quantitative estimate of drug-likeness (QED) is 0.715. The van der Waals surface area contributed by atoms with Crippen LogP contribution in [0.25, 0.3) is 0 Å². The minimum absolute atomic E-state index is 0.242. The fourth-order valence-corrected chi connectivity index (χ4v) is 2.03. The summed E-state index contributed by atoms with van der Waals surface area (Å²) in [4.78, 5) is 2.04. The van der Waals surface area contributed by atoms with E-state index in [1.807, 2.05) is 4.90 Å². The van der Waals surface area contributed by atoms with Gasteiger partial charge in [-0.25, -0.2) is 0 Å². The van der Waals surface area contributed by atoms with Crippen LogP contribution in [0.5, 0.6) is 0 Å². The smallest absolute Gasteiger partial charge is 0.372 e. The summed E-state index contributed by atoms with van der Waals surface area (Å²) in [6.45, 7) is 2.77. The zero-order valence-corrected chi connectivity index (χ0v) is 8.94. The van der Waals surface area contributed by atoms with Crippen molar-refractivity contribution in [3.8, 4) is 0 Å². The number of fused-ring (bicyclic) bond motifs is 1. The van der Waals surface area contributed by atoms with Crippen molar-refractivity contribution in [2.75, 3.05) is 19.7 Å². The lowest BCUT2D eigenvalue weighted by atomic mass is 10.3. The Kier molecular flexibility index (Phi) is 2.37. The Morgan fingerprint density at radius 2 is 2.06 bits per heavy atom. The van der Waals surface area contributed by atoms with Crippen LogP contribution in [0.1, 0.15) is 11.6 Å². The first kappa shape index (κ1) is 11.0. The van der Waals surface area contributed by atoms with Crippen molar-refractivity contribution < 1.29 is 17.9 Å². The molecule has 0 aliphatic carbocycles. The Morgan fingerprint density at radius 1 is 1.29 bits per heavy atom. The first-order valence-electron chi connectivity index (χ1n) is 5.37. The van der Waals surface area contributed by atoms with Crippen LogP contribution in [0.2, 0.25) is 0 Å². The van der Waals surface area contributed by atoms with Gasteiger partial charge >= 0.3 is 6.18 Å². The highest BCUT2D eigenvalue weighted by atomic mass is 19.4. The van der Waals surface area contributed by atoms with Crippen LogP contribution in [-0.2, 0) is 24.0 Å². The average Bonchev–Trinajstić information content (AvgIpc) is 2.94. The lowest BCUT2D eigenvalue weighted by molar-refractivity contribution is -0.148. The van der Waals surface area contributed by atoms with Crippen molar-refractivity contribution in [1.29, 1.82) is 0 Å². The number of hydrogen-bond acceptors (Lipinski definition) is 4. The van der Waals surface area contributed by atoms with Crippen molar-refractivity contribution >= 4 is 0 Å². The molecule has 2 aliphatic rings. The summed E-state index contributed by atoms with van der Waals surface area (Å²) >= 11 is 0. The van der Waals surface area contributed by atoms with Gasteiger partial charge in [-0.05, 0) is 0 Å². The van der Waals surface area contributed by atoms with Gasteiger partial charge in [0.25, 0.3) is 0 Å². The first-order chi connectivity index (χ1) is 8.04. The minimum Gasteiger partial charge on any atom is -0.372 e. The van der Waals surface area contributed by atoms with Crippen LogP contribution in [-0.4, -0.2) is 45.5 Å². The number of ether oxygens (including phenoxy) is 1. The summed E-state index contributed by atoms with van der Waals surface area (Å²) < 4.78 is 44.0. The lowest BCUT2D eigenvalue weighted by Crippen LogP contribution is -2.37. The van der Waals surface area contributed by atoms with E-state index in [0.29, 0.717) is 18.9 Å². The van der Waals surface area contributed by atoms with Crippen molar-refractivity contribution in [3.05, 3.63) is 11.6 Å². The Labute approximate surface area is 95.2 Å². The number of nitrogens with zero attached hydrogens (tertiary/aromatic N) is 4. The van der Waals surface area contributed by atoms with Gasteiger partial charge in [0, 0.05) is 19.6 Å². The molecule has 5 nitrogen and oxygen atoms in total. The van der Waals surface area contributed by atoms with Crippen molar-refractivity contribution in [3.63, 3.8) is 0 Å². The second-order valence-corrected chi connectivity index (χ2v) is 4.28. The number of aromatic nitrogens is 3. The van der Waals surface area contributed by atoms with Gasteiger partial charge < -0.3 is 9.30 Å². The number of rotatable bonds is 2. The van der Waals surface area contributed by atoms with E-state index in [1.165, 1.54) is 0 Å². The normalized spacial score (nSPS) is 24.8.